The fourth-order valence-electron chi connectivity index (χ4n) is 1.75. The quantitative estimate of drug-likeness (QED) is 0.453. The molecule has 6 nitrogen and oxygen atoms in total. The van der Waals surface area contributed by atoms with Crippen LogP contribution in [0.4, 0.5) is 5.69 Å². The van der Waals surface area contributed by atoms with Crippen molar-refractivity contribution in [1.29, 1.82) is 0 Å². The summed E-state index contributed by atoms with van der Waals surface area (Å²) < 4.78 is 0.824. The third kappa shape index (κ3) is 3.80. The molecule has 1 amide bonds. The Hall–Kier alpha value is -1.89. The first-order valence-electron chi connectivity index (χ1n) is 6.29. The van der Waals surface area contributed by atoms with Gasteiger partial charge in [-0.25, -0.2) is 0 Å². The van der Waals surface area contributed by atoms with E-state index in [4.69, 9.17) is 0 Å². The minimum absolute atomic E-state index is 0.0970. The molecule has 0 aliphatic carbocycles. The standard InChI is InChI=1S/C13H16BrN5O/c1-8(18-19-13-15-5-6-16-13)10-3-4-12(11(14)7-10)17-9(2)20/h3-4,7H,5-6H2,1-2H3,(H,17,20)(H2,15,16,19)/p+1/b18-8+. The number of amides is 1. The second kappa shape index (κ2) is 6.51. The molecular formula is C13H17BrN5O+. The molecule has 1 aliphatic heterocycles. The molecule has 1 aliphatic rings. The number of anilines is 1. The van der Waals surface area contributed by atoms with Crippen molar-refractivity contribution in [2.75, 3.05) is 18.4 Å². The highest BCUT2D eigenvalue weighted by Gasteiger charge is 2.11. The average molecular weight is 339 g/mol. The Morgan fingerprint density at radius 3 is 2.85 bits per heavy atom. The molecule has 1 aromatic carbocycles. The van der Waals surface area contributed by atoms with Crippen LogP contribution in [0.5, 0.6) is 0 Å². The molecule has 0 saturated carbocycles. The molecule has 0 spiro atoms. The first-order valence-corrected chi connectivity index (χ1v) is 7.08. The normalized spacial score (nSPS) is 14.6. The maximum absolute atomic E-state index is 11.1. The summed E-state index contributed by atoms with van der Waals surface area (Å²) in [5, 5.41) is 10.2. The molecule has 20 heavy (non-hydrogen) atoms. The summed E-state index contributed by atoms with van der Waals surface area (Å²) in [7, 11) is 0. The first-order chi connectivity index (χ1) is 9.56. The number of hydrogen-bond acceptors (Lipinski definition) is 4. The molecule has 0 saturated heterocycles. The lowest BCUT2D eigenvalue weighted by Gasteiger charge is -2.07. The van der Waals surface area contributed by atoms with Crippen molar-refractivity contribution in [3.8, 4) is 0 Å². The van der Waals surface area contributed by atoms with Gasteiger partial charge in [-0.2, -0.15) is 5.43 Å². The predicted octanol–water partition coefficient (Wildman–Crippen LogP) is -0.239. The summed E-state index contributed by atoms with van der Waals surface area (Å²) in [4.78, 5) is 14.2. The van der Waals surface area contributed by atoms with E-state index in [1.807, 2.05) is 25.1 Å². The van der Waals surface area contributed by atoms with E-state index < -0.39 is 0 Å². The van der Waals surface area contributed by atoms with Gasteiger partial charge in [-0.3, -0.25) is 15.1 Å². The van der Waals surface area contributed by atoms with Gasteiger partial charge in [0.15, 0.2) is 0 Å². The van der Waals surface area contributed by atoms with Crippen LogP contribution in [0.1, 0.15) is 19.4 Å². The van der Waals surface area contributed by atoms with Crippen LogP contribution in [0.2, 0.25) is 0 Å². The Morgan fingerprint density at radius 1 is 1.45 bits per heavy atom. The first kappa shape index (κ1) is 14.5. The van der Waals surface area contributed by atoms with Gasteiger partial charge >= 0.3 is 5.96 Å². The number of hydrazone groups is 1. The van der Waals surface area contributed by atoms with E-state index in [1.54, 1.807) is 0 Å². The Balaban J connectivity index is 2.09. The number of nitrogens with one attached hydrogen (secondary N) is 4. The topological polar surface area (TPSA) is 79.5 Å². The summed E-state index contributed by atoms with van der Waals surface area (Å²) in [5.74, 6) is 0.721. The zero-order valence-corrected chi connectivity index (χ0v) is 13.0. The molecular weight excluding hydrogens is 322 g/mol. The maximum Gasteiger partial charge on any atom is 0.367 e. The number of halogens is 1. The van der Waals surface area contributed by atoms with E-state index >= 15 is 0 Å². The highest BCUT2D eigenvalue weighted by molar-refractivity contribution is 9.10. The molecule has 0 fully saturated rings. The number of nitrogens with zero attached hydrogens (tertiary/aromatic N) is 1. The van der Waals surface area contributed by atoms with Gasteiger partial charge in [-0.15, -0.1) is 5.10 Å². The van der Waals surface area contributed by atoms with E-state index in [0.29, 0.717) is 0 Å². The van der Waals surface area contributed by atoms with Crippen molar-refractivity contribution >= 4 is 39.2 Å². The molecule has 0 aromatic heterocycles. The minimum atomic E-state index is -0.0970. The lowest BCUT2D eigenvalue weighted by Crippen LogP contribution is -2.73. The molecule has 4 N–H and O–H groups in total. The van der Waals surface area contributed by atoms with Crippen molar-refractivity contribution in [2.45, 2.75) is 13.8 Å². The second-order valence-electron chi connectivity index (χ2n) is 4.41. The molecule has 2 rings (SSSR count). The maximum atomic E-state index is 11.1. The highest BCUT2D eigenvalue weighted by Crippen LogP contribution is 2.23. The average Bonchev–Trinajstić information content (AvgIpc) is 2.91. The van der Waals surface area contributed by atoms with Crippen LogP contribution in [-0.4, -0.2) is 30.7 Å². The summed E-state index contributed by atoms with van der Waals surface area (Å²) in [6.45, 7) is 5.19. The van der Waals surface area contributed by atoms with Gasteiger partial charge in [0.25, 0.3) is 0 Å². The van der Waals surface area contributed by atoms with E-state index in [0.717, 1.165) is 40.5 Å². The third-order valence-corrected chi connectivity index (χ3v) is 3.42. The van der Waals surface area contributed by atoms with Gasteiger partial charge in [-0.05, 0) is 35.0 Å². The number of rotatable bonds is 3. The van der Waals surface area contributed by atoms with Crippen LogP contribution < -0.4 is 21.1 Å². The van der Waals surface area contributed by atoms with Gasteiger partial charge in [0.2, 0.25) is 5.91 Å². The fraction of sp³-hybridized carbons (Fsp3) is 0.308. The molecule has 0 atom stereocenters. The smallest absolute Gasteiger partial charge is 0.325 e. The summed E-state index contributed by atoms with van der Waals surface area (Å²) in [5.41, 5.74) is 5.51. The lowest BCUT2D eigenvalue weighted by molar-refractivity contribution is -0.446. The summed E-state index contributed by atoms with van der Waals surface area (Å²) in [6.07, 6.45) is 0. The van der Waals surface area contributed by atoms with Crippen LogP contribution in [-0.2, 0) is 4.79 Å². The zero-order valence-electron chi connectivity index (χ0n) is 11.4. The molecule has 106 valence electrons. The van der Waals surface area contributed by atoms with Crippen LogP contribution in [0, 0.1) is 0 Å². The van der Waals surface area contributed by atoms with Crippen molar-refractivity contribution in [1.82, 2.24) is 10.7 Å². The Morgan fingerprint density at radius 2 is 2.25 bits per heavy atom. The van der Waals surface area contributed by atoms with Gasteiger partial charge < -0.3 is 5.32 Å². The van der Waals surface area contributed by atoms with Crippen molar-refractivity contribution in [3.05, 3.63) is 28.2 Å². The van der Waals surface area contributed by atoms with Gasteiger partial charge in [0, 0.05) is 17.0 Å². The zero-order chi connectivity index (χ0) is 14.5. The predicted molar refractivity (Wildman–Crippen MR) is 82.6 cm³/mol. The number of hydrogen-bond donors (Lipinski definition) is 4. The van der Waals surface area contributed by atoms with Crippen LogP contribution in [0.25, 0.3) is 0 Å². The van der Waals surface area contributed by atoms with Crippen LogP contribution in [0.15, 0.2) is 27.8 Å². The Kier molecular flexibility index (Phi) is 4.73. The second-order valence-corrected chi connectivity index (χ2v) is 5.27. The van der Waals surface area contributed by atoms with Gasteiger partial charge in [0.05, 0.1) is 24.5 Å². The van der Waals surface area contributed by atoms with E-state index in [9.17, 15) is 4.79 Å². The largest absolute Gasteiger partial charge is 0.367 e. The fourth-order valence-corrected chi connectivity index (χ4v) is 2.23. The minimum Gasteiger partial charge on any atom is -0.325 e. The summed E-state index contributed by atoms with van der Waals surface area (Å²) >= 11 is 3.44. The monoisotopic (exact) mass is 338 g/mol. The van der Waals surface area contributed by atoms with E-state index in [1.165, 1.54) is 6.92 Å². The van der Waals surface area contributed by atoms with Crippen molar-refractivity contribution in [3.63, 3.8) is 0 Å². The van der Waals surface area contributed by atoms with E-state index in [-0.39, 0.29) is 5.91 Å². The van der Waals surface area contributed by atoms with Crippen molar-refractivity contribution in [2.24, 2.45) is 5.10 Å². The molecule has 0 radical (unpaired) electrons. The Labute approximate surface area is 125 Å². The number of benzene rings is 1. The third-order valence-electron chi connectivity index (χ3n) is 2.76. The lowest BCUT2D eigenvalue weighted by atomic mass is 10.1. The number of guanidine groups is 1. The SMILES string of the molecule is CC(=O)Nc1ccc(/C(C)=N/NC2=[NH+]CCN2)cc1Br. The molecule has 1 aromatic rings. The number of carbonyl (C=O) groups excluding carboxylic acids is 1. The highest BCUT2D eigenvalue weighted by atomic mass is 79.9. The van der Waals surface area contributed by atoms with Crippen LogP contribution in [0.3, 0.4) is 0 Å². The molecule has 0 bridgehead atoms. The molecule has 7 heteroatoms. The summed E-state index contributed by atoms with van der Waals surface area (Å²) in [6, 6.07) is 5.68. The number of carbonyl (C=O) groups is 1. The van der Waals surface area contributed by atoms with Crippen molar-refractivity contribution < 1.29 is 9.79 Å². The molecule has 0 unspecified atom stereocenters. The van der Waals surface area contributed by atoms with Gasteiger partial charge in [0.1, 0.15) is 0 Å². The Bertz CT molecular complexity index is 582. The van der Waals surface area contributed by atoms with Crippen LogP contribution >= 0.6 is 15.9 Å². The van der Waals surface area contributed by atoms with E-state index in [2.05, 4.69) is 42.1 Å². The van der Waals surface area contributed by atoms with Gasteiger partial charge in [-0.1, -0.05) is 6.07 Å². The molecule has 1 heterocycles.